The normalized spacial score (nSPS) is 20.3. The van der Waals surface area contributed by atoms with Gasteiger partial charge < -0.3 is 10.2 Å². The number of benzene rings is 1. The Balaban J connectivity index is 1.47. The molecule has 144 valence electrons. The molecule has 0 aromatic heterocycles. The number of carbonyl (C=O) groups is 1. The summed E-state index contributed by atoms with van der Waals surface area (Å²) >= 11 is 0. The zero-order valence-corrected chi connectivity index (χ0v) is 15.7. The van der Waals surface area contributed by atoms with Gasteiger partial charge in [0.25, 0.3) is 0 Å². The summed E-state index contributed by atoms with van der Waals surface area (Å²) in [7, 11) is -3.63. The van der Waals surface area contributed by atoms with Gasteiger partial charge >= 0.3 is 0 Å². The van der Waals surface area contributed by atoms with Crippen molar-refractivity contribution in [1.29, 1.82) is 0 Å². The van der Waals surface area contributed by atoms with Gasteiger partial charge in [-0.25, -0.2) is 12.8 Å². The van der Waals surface area contributed by atoms with Gasteiger partial charge in [-0.1, -0.05) is 0 Å². The van der Waals surface area contributed by atoms with Crippen molar-refractivity contribution < 1.29 is 17.6 Å². The molecule has 1 aromatic rings. The van der Waals surface area contributed by atoms with Gasteiger partial charge in [0.15, 0.2) is 0 Å². The van der Waals surface area contributed by atoms with E-state index < -0.39 is 15.8 Å². The molecule has 2 fully saturated rings. The van der Waals surface area contributed by atoms with E-state index in [0.29, 0.717) is 32.5 Å². The van der Waals surface area contributed by atoms with Crippen molar-refractivity contribution in [3.63, 3.8) is 0 Å². The number of piperidine rings is 1. The SMILES string of the molecule is O=C(NCCN1CCCC1)C1CCN(S(=O)(=O)c2ccc(F)cc2)CC1. The molecule has 1 aromatic carbocycles. The number of hydrogen-bond donors (Lipinski definition) is 1. The van der Waals surface area contributed by atoms with Crippen molar-refractivity contribution in [2.45, 2.75) is 30.6 Å². The maximum Gasteiger partial charge on any atom is 0.243 e. The van der Waals surface area contributed by atoms with Crippen molar-refractivity contribution in [1.82, 2.24) is 14.5 Å². The maximum absolute atomic E-state index is 13.0. The summed E-state index contributed by atoms with van der Waals surface area (Å²) in [6.45, 7) is 4.36. The standard InChI is InChI=1S/C18H26FN3O3S/c19-16-3-5-17(6-4-16)26(24,25)22-12-7-15(8-13-22)18(23)20-9-14-21-10-1-2-11-21/h3-6,15H,1-2,7-14H2,(H,20,23). The third-order valence-electron chi connectivity index (χ3n) is 5.20. The van der Waals surface area contributed by atoms with Crippen LogP contribution in [0.15, 0.2) is 29.2 Å². The number of hydrogen-bond acceptors (Lipinski definition) is 4. The highest BCUT2D eigenvalue weighted by molar-refractivity contribution is 7.89. The van der Waals surface area contributed by atoms with E-state index in [-0.39, 0.29) is 16.7 Å². The quantitative estimate of drug-likeness (QED) is 0.807. The topological polar surface area (TPSA) is 69.7 Å². The molecular formula is C18H26FN3O3S. The van der Waals surface area contributed by atoms with Crippen LogP contribution in [0.5, 0.6) is 0 Å². The largest absolute Gasteiger partial charge is 0.355 e. The summed E-state index contributed by atoms with van der Waals surface area (Å²) in [4.78, 5) is 14.7. The number of halogens is 1. The van der Waals surface area contributed by atoms with Crippen molar-refractivity contribution in [2.75, 3.05) is 39.3 Å². The molecule has 0 saturated carbocycles. The molecular weight excluding hydrogens is 357 g/mol. The van der Waals surface area contributed by atoms with Gasteiger partial charge in [0.2, 0.25) is 15.9 Å². The van der Waals surface area contributed by atoms with Gasteiger partial charge in [0.05, 0.1) is 4.90 Å². The zero-order chi connectivity index (χ0) is 18.6. The first kappa shape index (κ1) is 19.3. The van der Waals surface area contributed by atoms with Crippen LogP contribution in [0.1, 0.15) is 25.7 Å². The lowest BCUT2D eigenvalue weighted by atomic mass is 9.97. The summed E-state index contributed by atoms with van der Waals surface area (Å²) in [6.07, 6.45) is 3.48. The molecule has 2 saturated heterocycles. The van der Waals surface area contributed by atoms with E-state index in [1.165, 1.54) is 29.3 Å². The van der Waals surface area contributed by atoms with Crippen LogP contribution >= 0.6 is 0 Å². The monoisotopic (exact) mass is 383 g/mol. The Morgan fingerprint density at radius 2 is 1.69 bits per heavy atom. The van der Waals surface area contributed by atoms with E-state index in [2.05, 4.69) is 10.2 Å². The van der Waals surface area contributed by atoms with Gasteiger partial charge in [0, 0.05) is 32.1 Å². The van der Waals surface area contributed by atoms with Gasteiger partial charge in [-0.05, 0) is 63.0 Å². The Labute approximate surface area is 154 Å². The number of nitrogens with one attached hydrogen (secondary N) is 1. The molecule has 0 bridgehead atoms. The molecule has 0 radical (unpaired) electrons. The first-order chi connectivity index (χ1) is 12.5. The van der Waals surface area contributed by atoms with Crippen LogP contribution in [0.3, 0.4) is 0 Å². The molecule has 8 heteroatoms. The molecule has 1 amide bonds. The number of carbonyl (C=O) groups excluding carboxylic acids is 1. The van der Waals surface area contributed by atoms with Gasteiger partial charge in [-0.3, -0.25) is 4.79 Å². The lowest BCUT2D eigenvalue weighted by Crippen LogP contribution is -2.44. The van der Waals surface area contributed by atoms with Crippen molar-refractivity contribution in [3.8, 4) is 0 Å². The van der Waals surface area contributed by atoms with Gasteiger partial charge in [-0.15, -0.1) is 0 Å². The van der Waals surface area contributed by atoms with Crippen LogP contribution in [0.2, 0.25) is 0 Å². The molecule has 2 aliphatic rings. The van der Waals surface area contributed by atoms with Gasteiger partial charge in [0.1, 0.15) is 5.82 Å². The van der Waals surface area contributed by atoms with Crippen molar-refractivity contribution in [3.05, 3.63) is 30.1 Å². The molecule has 26 heavy (non-hydrogen) atoms. The fourth-order valence-electron chi connectivity index (χ4n) is 3.60. The third kappa shape index (κ3) is 4.61. The van der Waals surface area contributed by atoms with E-state index in [4.69, 9.17) is 0 Å². The average molecular weight is 383 g/mol. The zero-order valence-electron chi connectivity index (χ0n) is 14.9. The summed E-state index contributed by atoms with van der Waals surface area (Å²) in [5.74, 6) is -0.593. The first-order valence-electron chi connectivity index (χ1n) is 9.22. The molecule has 0 spiro atoms. The van der Waals surface area contributed by atoms with Gasteiger partial charge in [-0.2, -0.15) is 4.31 Å². The number of sulfonamides is 1. The second-order valence-electron chi connectivity index (χ2n) is 6.97. The Morgan fingerprint density at radius 3 is 2.31 bits per heavy atom. The molecule has 6 nitrogen and oxygen atoms in total. The minimum atomic E-state index is -3.63. The third-order valence-corrected chi connectivity index (χ3v) is 7.11. The Bertz CT molecular complexity index is 710. The predicted molar refractivity (Wildman–Crippen MR) is 96.6 cm³/mol. The second-order valence-corrected chi connectivity index (χ2v) is 8.91. The fraction of sp³-hybridized carbons (Fsp3) is 0.611. The van der Waals surface area contributed by atoms with Crippen LogP contribution in [0.25, 0.3) is 0 Å². The molecule has 3 rings (SSSR count). The Kier molecular flexibility index (Phi) is 6.26. The van der Waals surface area contributed by atoms with E-state index in [9.17, 15) is 17.6 Å². The van der Waals surface area contributed by atoms with Crippen LogP contribution in [0, 0.1) is 11.7 Å². The summed E-state index contributed by atoms with van der Waals surface area (Å²) < 4.78 is 39.6. The van der Waals surface area contributed by atoms with Crippen LogP contribution in [-0.4, -0.2) is 62.8 Å². The molecule has 0 atom stereocenters. The first-order valence-corrected chi connectivity index (χ1v) is 10.7. The van der Waals surface area contributed by atoms with Crippen molar-refractivity contribution >= 4 is 15.9 Å². The number of nitrogens with zero attached hydrogens (tertiary/aromatic N) is 2. The molecule has 2 aliphatic heterocycles. The maximum atomic E-state index is 13.0. The molecule has 1 N–H and O–H groups in total. The van der Waals surface area contributed by atoms with Crippen LogP contribution in [-0.2, 0) is 14.8 Å². The fourth-order valence-corrected chi connectivity index (χ4v) is 5.07. The number of amides is 1. The highest BCUT2D eigenvalue weighted by Crippen LogP contribution is 2.24. The van der Waals surface area contributed by atoms with E-state index in [1.54, 1.807) is 0 Å². The number of likely N-dealkylation sites (tertiary alicyclic amines) is 1. The lowest BCUT2D eigenvalue weighted by molar-refractivity contribution is -0.126. The van der Waals surface area contributed by atoms with Crippen LogP contribution < -0.4 is 5.32 Å². The molecule has 0 aliphatic carbocycles. The van der Waals surface area contributed by atoms with Crippen molar-refractivity contribution in [2.24, 2.45) is 5.92 Å². The average Bonchev–Trinajstić information content (AvgIpc) is 3.15. The minimum Gasteiger partial charge on any atom is -0.355 e. The highest BCUT2D eigenvalue weighted by atomic mass is 32.2. The number of rotatable bonds is 6. The Morgan fingerprint density at radius 1 is 1.08 bits per heavy atom. The summed E-state index contributed by atoms with van der Waals surface area (Å²) in [5.41, 5.74) is 0. The second kappa shape index (κ2) is 8.45. The molecule has 2 heterocycles. The highest BCUT2D eigenvalue weighted by Gasteiger charge is 2.32. The van der Waals surface area contributed by atoms with Crippen LogP contribution in [0.4, 0.5) is 4.39 Å². The summed E-state index contributed by atoms with van der Waals surface area (Å²) in [5, 5.41) is 2.98. The predicted octanol–water partition coefficient (Wildman–Crippen LogP) is 1.44. The smallest absolute Gasteiger partial charge is 0.243 e. The van der Waals surface area contributed by atoms with E-state index >= 15 is 0 Å². The van der Waals surface area contributed by atoms with E-state index in [0.717, 1.165) is 31.8 Å². The minimum absolute atomic E-state index is 0.0167. The Hall–Kier alpha value is -1.51. The molecule has 0 unspecified atom stereocenters. The lowest BCUT2D eigenvalue weighted by Gasteiger charge is -2.30. The summed E-state index contributed by atoms with van der Waals surface area (Å²) in [6, 6.07) is 4.85. The van der Waals surface area contributed by atoms with E-state index in [1.807, 2.05) is 0 Å².